The Balaban J connectivity index is 1.85. The van der Waals surface area contributed by atoms with Crippen LogP contribution in [-0.4, -0.2) is 27.5 Å². The number of aromatic nitrogens is 2. The molecule has 0 radical (unpaired) electrons. The van der Waals surface area contributed by atoms with E-state index in [0.29, 0.717) is 16.7 Å². The van der Waals surface area contributed by atoms with Crippen molar-refractivity contribution in [3.63, 3.8) is 0 Å². The summed E-state index contributed by atoms with van der Waals surface area (Å²) in [5.74, 6) is -0.721. The second kappa shape index (κ2) is 4.80. The maximum absolute atomic E-state index is 14.5. The number of ether oxygens (including phenoxy) is 2. The zero-order valence-corrected chi connectivity index (χ0v) is 14.1. The summed E-state index contributed by atoms with van der Waals surface area (Å²) in [5.41, 5.74) is 6.13. The lowest BCUT2D eigenvalue weighted by atomic mass is 9.86. The Bertz CT molecular complexity index is 831. The van der Waals surface area contributed by atoms with Crippen molar-refractivity contribution < 1.29 is 13.9 Å². The summed E-state index contributed by atoms with van der Waals surface area (Å²) >= 11 is 0. The van der Waals surface area contributed by atoms with Crippen molar-refractivity contribution in [2.24, 2.45) is 5.41 Å². The van der Waals surface area contributed by atoms with Gasteiger partial charge in [-0.15, -0.1) is 6.58 Å². The Morgan fingerprint density at radius 1 is 1.42 bits per heavy atom. The molecule has 128 valence electrons. The number of nitrogens with zero attached hydrogens (tertiary/aromatic N) is 2. The van der Waals surface area contributed by atoms with Gasteiger partial charge < -0.3 is 19.8 Å². The Morgan fingerprint density at radius 3 is 2.88 bits per heavy atom. The van der Waals surface area contributed by atoms with E-state index in [1.165, 1.54) is 6.20 Å². The van der Waals surface area contributed by atoms with E-state index in [2.05, 4.69) is 18.5 Å². The number of pyridine rings is 1. The lowest BCUT2D eigenvalue weighted by Crippen LogP contribution is -2.31. The number of halogens is 1. The molecule has 1 saturated carbocycles. The number of hydrogen-bond donors (Lipinski definition) is 1. The van der Waals surface area contributed by atoms with Crippen LogP contribution in [0.4, 0.5) is 10.2 Å². The average Bonchev–Trinajstić information content (AvgIpc) is 3.16. The van der Waals surface area contributed by atoms with Gasteiger partial charge in [0, 0.05) is 17.0 Å². The lowest BCUT2D eigenvalue weighted by molar-refractivity contribution is -0.164. The number of nitrogens with two attached hydrogens (primary N) is 1. The molecule has 0 amide bonds. The van der Waals surface area contributed by atoms with Crippen LogP contribution in [-0.2, 0) is 9.47 Å². The van der Waals surface area contributed by atoms with Crippen LogP contribution in [0.2, 0.25) is 0 Å². The predicted molar refractivity (Wildman–Crippen MR) is 89.9 cm³/mol. The van der Waals surface area contributed by atoms with E-state index >= 15 is 0 Å². The van der Waals surface area contributed by atoms with Crippen LogP contribution in [0.3, 0.4) is 0 Å². The van der Waals surface area contributed by atoms with Crippen molar-refractivity contribution >= 4 is 16.7 Å². The molecule has 2 aromatic rings. The fourth-order valence-electron chi connectivity index (χ4n) is 4.16. The predicted octanol–water partition coefficient (Wildman–Crippen LogP) is 3.41. The molecule has 0 aromatic carbocycles. The first-order valence-corrected chi connectivity index (χ1v) is 8.15. The molecule has 1 aliphatic carbocycles. The van der Waals surface area contributed by atoms with Crippen molar-refractivity contribution in [3.8, 4) is 0 Å². The fourth-order valence-corrected chi connectivity index (χ4v) is 4.16. The second-order valence-electron chi connectivity index (χ2n) is 7.48. The highest BCUT2D eigenvalue weighted by Gasteiger charge is 2.59. The Morgan fingerprint density at radius 2 is 2.17 bits per heavy atom. The summed E-state index contributed by atoms with van der Waals surface area (Å²) < 4.78 is 28.7. The molecule has 1 aliphatic heterocycles. The molecule has 4 atom stereocenters. The highest BCUT2D eigenvalue weighted by Crippen LogP contribution is 2.54. The molecule has 2 aromatic heterocycles. The zero-order valence-electron chi connectivity index (χ0n) is 14.1. The largest absolute Gasteiger partial charge is 0.383 e. The molecule has 0 unspecified atom stereocenters. The number of fused-ring (bicyclic) bond motifs is 2. The fraction of sp³-hybridized carbons (Fsp3) is 0.500. The van der Waals surface area contributed by atoms with E-state index in [1.807, 2.05) is 30.7 Å². The van der Waals surface area contributed by atoms with Crippen LogP contribution in [0, 0.1) is 11.2 Å². The van der Waals surface area contributed by atoms with E-state index < -0.39 is 5.79 Å². The summed E-state index contributed by atoms with van der Waals surface area (Å²) in [6, 6.07) is 1.74. The SMILES string of the molecule is C=C[C@@]1(C)C[C@@H](n2ccc3c(N)ncc(F)c32)[C@@H]2OC(C)(C)O[C@@H]21. The summed E-state index contributed by atoms with van der Waals surface area (Å²) in [7, 11) is 0. The van der Waals surface area contributed by atoms with Crippen LogP contribution in [0.25, 0.3) is 10.9 Å². The molecule has 24 heavy (non-hydrogen) atoms. The van der Waals surface area contributed by atoms with Gasteiger partial charge in [0.05, 0.1) is 23.9 Å². The van der Waals surface area contributed by atoms with Gasteiger partial charge in [-0.3, -0.25) is 0 Å². The maximum Gasteiger partial charge on any atom is 0.165 e. The van der Waals surface area contributed by atoms with Crippen LogP contribution < -0.4 is 5.73 Å². The molecule has 0 spiro atoms. The van der Waals surface area contributed by atoms with Crippen molar-refractivity contribution in [1.29, 1.82) is 0 Å². The highest BCUT2D eigenvalue weighted by molar-refractivity contribution is 5.89. The minimum absolute atomic E-state index is 0.0615. The van der Waals surface area contributed by atoms with Crippen LogP contribution >= 0.6 is 0 Å². The average molecular weight is 331 g/mol. The van der Waals surface area contributed by atoms with E-state index in [-0.39, 0.29) is 29.5 Å². The quantitative estimate of drug-likeness (QED) is 0.857. The number of anilines is 1. The molecule has 2 N–H and O–H groups in total. The molecule has 1 saturated heterocycles. The second-order valence-corrected chi connectivity index (χ2v) is 7.48. The van der Waals surface area contributed by atoms with Gasteiger partial charge in [0.15, 0.2) is 11.6 Å². The summed E-state index contributed by atoms with van der Waals surface area (Å²) in [5, 5.41) is 0.622. The minimum atomic E-state index is -0.666. The summed E-state index contributed by atoms with van der Waals surface area (Å²) in [6.07, 6.45) is 5.42. The molecule has 3 heterocycles. The van der Waals surface area contributed by atoms with Gasteiger partial charge in [0.1, 0.15) is 11.9 Å². The van der Waals surface area contributed by atoms with Gasteiger partial charge in [-0.25, -0.2) is 9.37 Å². The van der Waals surface area contributed by atoms with Gasteiger partial charge in [-0.1, -0.05) is 13.0 Å². The molecule has 6 heteroatoms. The lowest BCUT2D eigenvalue weighted by Gasteiger charge is -2.28. The summed E-state index contributed by atoms with van der Waals surface area (Å²) in [6.45, 7) is 9.90. The molecular formula is C18H22FN3O2. The number of nitrogen functional groups attached to an aromatic ring is 1. The first-order valence-electron chi connectivity index (χ1n) is 8.15. The Labute approximate surface area is 140 Å². The first kappa shape index (κ1) is 15.6. The Hall–Kier alpha value is -1.92. The first-order chi connectivity index (χ1) is 11.3. The molecule has 4 rings (SSSR count). The van der Waals surface area contributed by atoms with Gasteiger partial charge >= 0.3 is 0 Å². The number of rotatable bonds is 2. The van der Waals surface area contributed by atoms with Crippen LogP contribution in [0.1, 0.15) is 33.2 Å². The standard InChI is InChI=1S/C18H22FN3O2/c1-5-18(4)8-12(14-15(18)24-17(2,3)23-14)22-7-6-10-13(22)11(19)9-21-16(10)20/h5-7,9,12,14-15H,1,8H2,2-4H3,(H2,20,21)/t12-,14+,15+,18+/m1/s1. The zero-order chi connectivity index (χ0) is 17.3. The minimum Gasteiger partial charge on any atom is -0.383 e. The van der Waals surface area contributed by atoms with Gasteiger partial charge in [0.2, 0.25) is 0 Å². The molecule has 0 bridgehead atoms. The van der Waals surface area contributed by atoms with Crippen LogP contribution in [0.5, 0.6) is 0 Å². The molecule has 5 nitrogen and oxygen atoms in total. The monoisotopic (exact) mass is 331 g/mol. The molecule has 2 aliphatic rings. The van der Waals surface area contributed by atoms with Crippen molar-refractivity contribution in [2.45, 2.75) is 51.2 Å². The van der Waals surface area contributed by atoms with Gasteiger partial charge in [-0.05, 0) is 26.3 Å². The van der Waals surface area contributed by atoms with Crippen molar-refractivity contribution in [3.05, 3.63) is 36.9 Å². The Kier molecular flexibility index (Phi) is 3.12. The maximum atomic E-state index is 14.5. The van der Waals surface area contributed by atoms with Crippen molar-refractivity contribution in [1.82, 2.24) is 9.55 Å². The van der Waals surface area contributed by atoms with E-state index in [1.54, 1.807) is 6.07 Å². The number of hydrogen-bond acceptors (Lipinski definition) is 4. The third-order valence-electron chi connectivity index (χ3n) is 5.37. The third kappa shape index (κ3) is 2.03. The van der Waals surface area contributed by atoms with E-state index in [4.69, 9.17) is 15.2 Å². The topological polar surface area (TPSA) is 62.3 Å². The molecule has 2 fully saturated rings. The van der Waals surface area contributed by atoms with Crippen LogP contribution in [0.15, 0.2) is 31.1 Å². The van der Waals surface area contributed by atoms with E-state index in [9.17, 15) is 4.39 Å². The highest BCUT2D eigenvalue weighted by atomic mass is 19.1. The summed E-state index contributed by atoms with van der Waals surface area (Å²) in [4.78, 5) is 3.90. The third-order valence-corrected chi connectivity index (χ3v) is 5.37. The smallest absolute Gasteiger partial charge is 0.165 e. The van der Waals surface area contributed by atoms with Gasteiger partial charge in [-0.2, -0.15) is 0 Å². The normalized spacial score (nSPS) is 34.6. The van der Waals surface area contributed by atoms with Gasteiger partial charge in [0.25, 0.3) is 0 Å². The molecular weight excluding hydrogens is 309 g/mol. The van der Waals surface area contributed by atoms with E-state index in [0.717, 1.165) is 6.42 Å². The van der Waals surface area contributed by atoms with Crippen molar-refractivity contribution in [2.75, 3.05) is 5.73 Å².